The smallest absolute Gasteiger partial charge is 0.306 e. The summed E-state index contributed by atoms with van der Waals surface area (Å²) in [6.45, 7) is 3.24. The molecule has 0 aliphatic carbocycles. The van der Waals surface area contributed by atoms with Crippen LogP contribution in [0, 0.1) is 0 Å². The van der Waals surface area contributed by atoms with Gasteiger partial charge in [0.25, 0.3) is 0 Å². The van der Waals surface area contributed by atoms with Crippen LogP contribution >= 0.6 is 0 Å². The first-order chi connectivity index (χ1) is 25.8. The molecule has 1 heterocycles. The van der Waals surface area contributed by atoms with Crippen LogP contribution in [0.25, 0.3) is 0 Å². The topological polar surface area (TPSA) is 152 Å². The zero-order valence-corrected chi connectivity index (χ0v) is 33.0. The number of aliphatic hydroxyl groups is 4. The Morgan fingerprint density at radius 3 is 1.68 bits per heavy atom. The molecule has 10 heteroatoms. The van der Waals surface area contributed by atoms with Crippen molar-refractivity contribution in [1.82, 2.24) is 0 Å². The lowest BCUT2D eigenvalue weighted by atomic mass is 9.99. The highest BCUT2D eigenvalue weighted by molar-refractivity contribution is 5.70. The van der Waals surface area contributed by atoms with Crippen molar-refractivity contribution < 1.29 is 49.0 Å². The summed E-state index contributed by atoms with van der Waals surface area (Å²) in [5.74, 6) is -0.835. The zero-order valence-electron chi connectivity index (χ0n) is 33.0. The van der Waals surface area contributed by atoms with Crippen LogP contribution in [-0.2, 0) is 28.5 Å². The molecule has 1 saturated heterocycles. The largest absolute Gasteiger partial charge is 0.462 e. The summed E-state index contributed by atoms with van der Waals surface area (Å²) in [4.78, 5) is 25.2. The summed E-state index contributed by atoms with van der Waals surface area (Å²) in [5.41, 5.74) is 0. The van der Waals surface area contributed by atoms with Gasteiger partial charge in [0.05, 0.1) is 13.2 Å². The fourth-order valence-corrected chi connectivity index (χ4v) is 6.02. The van der Waals surface area contributed by atoms with Crippen LogP contribution in [0.5, 0.6) is 0 Å². The van der Waals surface area contributed by atoms with Gasteiger partial charge in [0.2, 0.25) is 0 Å². The Morgan fingerprint density at radius 2 is 1.11 bits per heavy atom. The Labute approximate surface area is 320 Å². The number of rotatable bonds is 33. The van der Waals surface area contributed by atoms with Crippen molar-refractivity contribution in [2.45, 2.75) is 192 Å². The standard InChI is InChI=1S/C43H74O10/c1-3-5-7-9-11-13-15-17-18-20-21-23-25-27-29-31-38(45)50-34-36(35-51-43-42(49)41(48)40(47)37(33-44)53-43)52-39(46)32-30-28-26-24-22-19-16-14-12-10-8-6-4-2/h5,7,9,11,13,15,17-18,36-37,40-44,47-49H,3-4,6,8,10,12,14,16,19-35H2,1-2H3/b7-5+,11-9+,15-13+,18-17+/t36-,37-,40+,41?,42?,43-/m0/s1. The molecule has 0 radical (unpaired) electrons. The summed E-state index contributed by atoms with van der Waals surface area (Å²) in [6, 6.07) is 0. The molecule has 1 rings (SSSR count). The van der Waals surface area contributed by atoms with Crippen molar-refractivity contribution in [3.8, 4) is 0 Å². The van der Waals surface area contributed by atoms with Crippen LogP contribution < -0.4 is 0 Å². The Morgan fingerprint density at radius 1 is 0.604 bits per heavy atom. The van der Waals surface area contributed by atoms with E-state index in [1.54, 1.807) is 0 Å². The third kappa shape index (κ3) is 26.2. The maximum Gasteiger partial charge on any atom is 0.306 e. The van der Waals surface area contributed by atoms with Crippen LogP contribution in [0.15, 0.2) is 48.6 Å². The summed E-state index contributed by atoms with van der Waals surface area (Å²) >= 11 is 0. The molecule has 1 aliphatic heterocycles. The van der Waals surface area contributed by atoms with Gasteiger partial charge in [0.1, 0.15) is 31.0 Å². The number of carbonyl (C=O) groups is 2. The fraction of sp³-hybridized carbons (Fsp3) is 0.767. The Hall–Kier alpha value is -2.34. The second-order valence-corrected chi connectivity index (χ2v) is 14.2. The third-order valence-corrected chi connectivity index (χ3v) is 9.32. The van der Waals surface area contributed by atoms with E-state index in [1.165, 1.54) is 57.8 Å². The van der Waals surface area contributed by atoms with Crippen molar-refractivity contribution in [2.24, 2.45) is 0 Å². The van der Waals surface area contributed by atoms with Crippen LogP contribution in [0.2, 0.25) is 0 Å². The molecule has 4 N–H and O–H groups in total. The minimum Gasteiger partial charge on any atom is -0.462 e. The SMILES string of the molecule is CC/C=C/C=C/C=C/C=C/CCCCCCCC(=O)OC[C@@H](CO[C@H]1O[C@@H](CO)[C@@H](O)C(O)C1O)OC(=O)CCCCCCCCCCCCCCC. The molecule has 0 amide bonds. The number of unbranched alkanes of at least 4 members (excludes halogenated alkanes) is 17. The van der Waals surface area contributed by atoms with Crippen LogP contribution in [0.4, 0.5) is 0 Å². The summed E-state index contributed by atoms with van der Waals surface area (Å²) in [7, 11) is 0. The maximum absolute atomic E-state index is 12.7. The second-order valence-electron chi connectivity index (χ2n) is 14.2. The van der Waals surface area contributed by atoms with E-state index < -0.39 is 55.4 Å². The number of hydrogen-bond donors (Lipinski definition) is 4. The summed E-state index contributed by atoms with van der Waals surface area (Å²) < 4.78 is 22.1. The van der Waals surface area contributed by atoms with E-state index in [0.29, 0.717) is 12.8 Å². The molecule has 6 atom stereocenters. The van der Waals surface area contributed by atoms with Gasteiger partial charge in [-0.05, 0) is 32.1 Å². The summed E-state index contributed by atoms with van der Waals surface area (Å²) in [6.07, 6.45) is 31.1. The maximum atomic E-state index is 12.7. The Kier molecular flexibility index (Phi) is 31.4. The first-order valence-corrected chi connectivity index (χ1v) is 20.8. The lowest BCUT2D eigenvalue weighted by Gasteiger charge is -2.39. The van der Waals surface area contributed by atoms with Crippen molar-refractivity contribution in [1.29, 1.82) is 0 Å². The van der Waals surface area contributed by atoms with Crippen LogP contribution in [0.3, 0.4) is 0 Å². The highest BCUT2D eigenvalue weighted by atomic mass is 16.7. The number of allylic oxidation sites excluding steroid dienone is 8. The second kappa shape index (κ2) is 34.2. The molecule has 0 spiro atoms. The monoisotopic (exact) mass is 751 g/mol. The first-order valence-electron chi connectivity index (χ1n) is 20.8. The number of hydrogen-bond acceptors (Lipinski definition) is 10. The van der Waals surface area contributed by atoms with Gasteiger partial charge in [0, 0.05) is 12.8 Å². The zero-order chi connectivity index (χ0) is 38.8. The van der Waals surface area contributed by atoms with E-state index in [2.05, 4.69) is 32.1 Å². The van der Waals surface area contributed by atoms with Gasteiger partial charge in [-0.1, -0.05) is 159 Å². The Balaban J connectivity index is 2.38. The van der Waals surface area contributed by atoms with E-state index in [0.717, 1.165) is 57.8 Å². The van der Waals surface area contributed by atoms with Crippen molar-refractivity contribution in [3.05, 3.63) is 48.6 Å². The summed E-state index contributed by atoms with van der Waals surface area (Å²) in [5, 5.41) is 40.0. The molecular formula is C43H74O10. The number of carbonyl (C=O) groups excluding carboxylic acids is 2. The lowest BCUT2D eigenvalue weighted by Crippen LogP contribution is -2.59. The van der Waals surface area contributed by atoms with Gasteiger partial charge in [-0.25, -0.2) is 0 Å². The molecule has 0 bridgehead atoms. The van der Waals surface area contributed by atoms with E-state index in [-0.39, 0.29) is 26.1 Å². The molecule has 0 aromatic carbocycles. The van der Waals surface area contributed by atoms with Gasteiger partial charge in [0.15, 0.2) is 12.4 Å². The molecule has 1 aliphatic rings. The van der Waals surface area contributed by atoms with Crippen LogP contribution in [-0.4, -0.2) is 89.0 Å². The number of ether oxygens (including phenoxy) is 4. The highest BCUT2D eigenvalue weighted by Crippen LogP contribution is 2.22. The van der Waals surface area contributed by atoms with Crippen LogP contribution in [0.1, 0.15) is 155 Å². The Bertz CT molecular complexity index is 1010. The molecule has 10 nitrogen and oxygen atoms in total. The average Bonchev–Trinajstić information content (AvgIpc) is 3.15. The highest BCUT2D eigenvalue weighted by Gasteiger charge is 2.44. The molecule has 306 valence electrons. The molecule has 2 unspecified atom stereocenters. The normalized spacial score (nSPS) is 21.4. The van der Waals surface area contributed by atoms with Crippen molar-refractivity contribution in [2.75, 3.05) is 19.8 Å². The van der Waals surface area contributed by atoms with Crippen molar-refractivity contribution >= 4 is 11.9 Å². The van der Waals surface area contributed by atoms with Crippen molar-refractivity contribution in [3.63, 3.8) is 0 Å². The molecular weight excluding hydrogens is 676 g/mol. The minimum absolute atomic E-state index is 0.225. The van der Waals surface area contributed by atoms with Gasteiger partial charge in [-0.15, -0.1) is 0 Å². The molecule has 1 fully saturated rings. The van der Waals surface area contributed by atoms with Gasteiger partial charge in [-0.3, -0.25) is 9.59 Å². The first kappa shape index (κ1) is 48.7. The number of aliphatic hydroxyl groups excluding tert-OH is 4. The van der Waals surface area contributed by atoms with Gasteiger partial charge in [-0.2, -0.15) is 0 Å². The van der Waals surface area contributed by atoms with E-state index in [9.17, 15) is 30.0 Å². The van der Waals surface area contributed by atoms with Gasteiger partial charge < -0.3 is 39.4 Å². The van der Waals surface area contributed by atoms with E-state index in [1.807, 2.05) is 30.4 Å². The van der Waals surface area contributed by atoms with E-state index in [4.69, 9.17) is 18.9 Å². The molecule has 0 aromatic rings. The molecule has 0 aromatic heterocycles. The van der Waals surface area contributed by atoms with Gasteiger partial charge >= 0.3 is 11.9 Å². The lowest BCUT2D eigenvalue weighted by molar-refractivity contribution is -0.305. The third-order valence-electron chi connectivity index (χ3n) is 9.32. The average molecular weight is 751 g/mol. The number of esters is 2. The molecule has 53 heavy (non-hydrogen) atoms. The minimum atomic E-state index is -1.60. The molecule has 0 saturated carbocycles. The predicted molar refractivity (Wildman–Crippen MR) is 210 cm³/mol. The fourth-order valence-electron chi connectivity index (χ4n) is 6.02. The predicted octanol–water partition coefficient (Wildman–Crippen LogP) is 8.10. The quantitative estimate of drug-likeness (QED) is 0.0294. The van der Waals surface area contributed by atoms with E-state index >= 15 is 0 Å².